The van der Waals surface area contributed by atoms with Gasteiger partial charge in [-0.1, -0.05) is 35.9 Å². The van der Waals surface area contributed by atoms with Crippen LogP contribution in [0.1, 0.15) is 38.0 Å². The van der Waals surface area contributed by atoms with Crippen LogP contribution in [-0.4, -0.2) is 49.8 Å². The van der Waals surface area contributed by atoms with Gasteiger partial charge in [0.05, 0.1) is 22.4 Å². The maximum Gasteiger partial charge on any atom is 0.410 e. The molecular weight excluding hydrogens is 552 g/mol. The van der Waals surface area contributed by atoms with E-state index in [4.69, 9.17) is 16.3 Å². The van der Waals surface area contributed by atoms with Crippen molar-refractivity contribution in [2.24, 2.45) is 0 Å². The molecule has 210 valence electrons. The zero-order chi connectivity index (χ0) is 28.8. The van der Waals surface area contributed by atoms with Gasteiger partial charge in [0.25, 0.3) is 0 Å². The fourth-order valence-corrected chi connectivity index (χ4v) is 5.11. The quantitative estimate of drug-likeness (QED) is 0.303. The third kappa shape index (κ3) is 8.91. The zero-order valence-corrected chi connectivity index (χ0v) is 23.3. The van der Waals surface area contributed by atoms with E-state index in [9.17, 15) is 27.1 Å². The Balaban J connectivity index is 1.72. The molecule has 0 fully saturated rings. The van der Waals surface area contributed by atoms with Crippen LogP contribution >= 0.6 is 11.6 Å². The molecule has 0 bridgehead atoms. The van der Waals surface area contributed by atoms with E-state index in [1.807, 2.05) is 0 Å². The van der Waals surface area contributed by atoms with Crippen molar-refractivity contribution in [2.45, 2.75) is 55.3 Å². The van der Waals surface area contributed by atoms with E-state index >= 15 is 0 Å². The first kappa shape index (κ1) is 30.3. The van der Waals surface area contributed by atoms with Crippen LogP contribution in [-0.2, 0) is 21.0 Å². The Morgan fingerprint density at radius 1 is 1.00 bits per heavy atom. The van der Waals surface area contributed by atoms with Crippen molar-refractivity contribution in [1.29, 1.82) is 0 Å². The molecule has 0 heterocycles. The van der Waals surface area contributed by atoms with Gasteiger partial charge in [-0.15, -0.1) is 0 Å². The van der Waals surface area contributed by atoms with Gasteiger partial charge in [-0.05, 0) is 86.8 Å². The molecule has 7 nitrogen and oxygen atoms in total. The van der Waals surface area contributed by atoms with E-state index < -0.39 is 34.2 Å². The summed E-state index contributed by atoms with van der Waals surface area (Å²) in [4.78, 5) is 14.2. The lowest BCUT2D eigenvalue weighted by Crippen LogP contribution is -2.40. The highest BCUT2D eigenvalue weighted by Crippen LogP contribution is 2.25. The molecule has 0 aliphatic rings. The highest BCUT2D eigenvalue weighted by molar-refractivity contribution is 7.91. The predicted octanol–water partition coefficient (Wildman–Crippen LogP) is 6.29. The molecule has 0 spiro atoms. The minimum absolute atomic E-state index is 0.0224. The van der Waals surface area contributed by atoms with Crippen LogP contribution in [0, 0.1) is 0 Å². The summed E-state index contributed by atoms with van der Waals surface area (Å²) in [6.07, 6.45) is -1.23. The van der Waals surface area contributed by atoms with E-state index in [1.54, 1.807) is 57.2 Å². The molecule has 3 rings (SSSR count). The number of aliphatic hydroxyl groups is 1. The first-order valence-corrected chi connectivity index (χ1v) is 13.9. The molecule has 1 atom stereocenters. The van der Waals surface area contributed by atoms with Crippen LogP contribution in [0.3, 0.4) is 0 Å². The lowest BCUT2D eigenvalue weighted by molar-refractivity contribution is -0.0498. The van der Waals surface area contributed by atoms with Crippen LogP contribution in [0.5, 0.6) is 5.75 Å². The van der Waals surface area contributed by atoms with Crippen molar-refractivity contribution in [1.82, 2.24) is 4.90 Å². The van der Waals surface area contributed by atoms with Crippen molar-refractivity contribution in [2.75, 3.05) is 13.1 Å². The molecule has 0 saturated carbocycles. The van der Waals surface area contributed by atoms with E-state index in [0.717, 1.165) is 17.7 Å². The van der Waals surface area contributed by atoms with E-state index in [1.165, 1.54) is 29.2 Å². The highest BCUT2D eigenvalue weighted by atomic mass is 35.5. The molecule has 3 aromatic rings. The van der Waals surface area contributed by atoms with E-state index in [0.29, 0.717) is 17.0 Å². The molecular formula is C28H30ClF2NO6S. The average Bonchev–Trinajstić information content (AvgIpc) is 2.85. The summed E-state index contributed by atoms with van der Waals surface area (Å²) in [5.74, 6) is -0.144. The summed E-state index contributed by atoms with van der Waals surface area (Å²) in [7, 11) is -3.89. The Kier molecular flexibility index (Phi) is 9.93. The Morgan fingerprint density at radius 2 is 1.59 bits per heavy atom. The molecule has 11 heteroatoms. The standard InChI is InChI=1S/C28H30ClF2NO6S/c1-28(2,3)38-27(34)32(18-25(33)20-5-4-6-21(29)17-20)16-15-19-7-11-23(12-8-19)39(35,36)24-13-9-22(10-14-24)37-26(30)31/h4-14,17,25-26,33H,15-16,18H2,1-3H3/t25-/m1/s1. The second kappa shape index (κ2) is 12.8. The second-order valence-electron chi connectivity index (χ2n) is 9.74. The largest absolute Gasteiger partial charge is 0.444 e. The molecule has 0 unspecified atom stereocenters. The molecule has 0 aromatic heterocycles. The maximum atomic E-state index is 13.0. The number of ether oxygens (including phenoxy) is 2. The third-order valence-electron chi connectivity index (χ3n) is 5.54. The predicted molar refractivity (Wildman–Crippen MR) is 143 cm³/mol. The number of rotatable bonds is 10. The number of alkyl halides is 2. The van der Waals surface area contributed by atoms with Gasteiger partial charge < -0.3 is 19.5 Å². The summed E-state index contributed by atoms with van der Waals surface area (Å²) in [5, 5.41) is 11.2. The minimum Gasteiger partial charge on any atom is -0.444 e. The summed E-state index contributed by atoms with van der Waals surface area (Å²) >= 11 is 6.03. The van der Waals surface area contributed by atoms with Crippen LogP contribution in [0.15, 0.2) is 82.6 Å². The van der Waals surface area contributed by atoms with Gasteiger partial charge in [-0.2, -0.15) is 8.78 Å². The Bertz CT molecular complexity index is 1360. The van der Waals surface area contributed by atoms with Crippen molar-refractivity contribution in [3.63, 3.8) is 0 Å². The van der Waals surface area contributed by atoms with Gasteiger partial charge in [0.2, 0.25) is 9.84 Å². The van der Waals surface area contributed by atoms with E-state index in [-0.39, 0.29) is 28.6 Å². The summed E-state index contributed by atoms with van der Waals surface area (Å²) in [6, 6.07) is 17.6. The SMILES string of the molecule is CC(C)(C)OC(=O)N(CCc1ccc(S(=O)(=O)c2ccc(OC(F)F)cc2)cc1)C[C@@H](O)c1cccc(Cl)c1. The van der Waals surface area contributed by atoms with Gasteiger partial charge in [0, 0.05) is 11.6 Å². The van der Waals surface area contributed by atoms with Crippen LogP contribution in [0.25, 0.3) is 0 Å². The van der Waals surface area contributed by atoms with Gasteiger partial charge in [0.1, 0.15) is 11.4 Å². The Morgan fingerprint density at radius 3 is 2.13 bits per heavy atom. The Hall–Kier alpha value is -3.21. The molecule has 0 aliphatic carbocycles. The van der Waals surface area contributed by atoms with Crippen molar-refractivity contribution < 1.29 is 36.6 Å². The number of nitrogens with zero attached hydrogens (tertiary/aromatic N) is 1. The lowest BCUT2D eigenvalue weighted by atomic mass is 10.1. The van der Waals surface area contributed by atoms with Crippen molar-refractivity contribution in [3.8, 4) is 5.75 Å². The van der Waals surface area contributed by atoms with Crippen molar-refractivity contribution >= 4 is 27.5 Å². The smallest absolute Gasteiger partial charge is 0.410 e. The van der Waals surface area contributed by atoms with Crippen molar-refractivity contribution in [3.05, 3.63) is 88.9 Å². The average molecular weight is 582 g/mol. The summed E-state index contributed by atoms with van der Waals surface area (Å²) < 4.78 is 60.4. The first-order chi connectivity index (χ1) is 18.2. The fraction of sp³-hybridized carbons (Fsp3) is 0.321. The normalized spacial score (nSPS) is 12.7. The third-order valence-corrected chi connectivity index (χ3v) is 7.56. The highest BCUT2D eigenvalue weighted by Gasteiger charge is 2.25. The number of hydrogen-bond acceptors (Lipinski definition) is 6. The second-order valence-corrected chi connectivity index (χ2v) is 12.1. The molecule has 39 heavy (non-hydrogen) atoms. The molecule has 3 aromatic carbocycles. The summed E-state index contributed by atoms with van der Waals surface area (Å²) in [6.45, 7) is 2.39. The van der Waals surface area contributed by atoms with Gasteiger partial charge in [0.15, 0.2) is 0 Å². The first-order valence-electron chi connectivity index (χ1n) is 12.0. The number of carbonyl (C=O) groups excluding carboxylic acids is 1. The lowest BCUT2D eigenvalue weighted by Gasteiger charge is -2.29. The van der Waals surface area contributed by atoms with Crippen LogP contribution < -0.4 is 4.74 Å². The number of halogens is 3. The fourth-order valence-electron chi connectivity index (χ4n) is 3.65. The minimum atomic E-state index is -3.89. The number of amides is 1. The monoisotopic (exact) mass is 581 g/mol. The van der Waals surface area contributed by atoms with Crippen LogP contribution in [0.4, 0.5) is 13.6 Å². The van der Waals surface area contributed by atoms with Crippen LogP contribution in [0.2, 0.25) is 5.02 Å². The maximum absolute atomic E-state index is 13.0. The number of aliphatic hydroxyl groups excluding tert-OH is 1. The number of sulfone groups is 1. The molecule has 0 saturated heterocycles. The van der Waals surface area contributed by atoms with Gasteiger partial charge in [-0.25, -0.2) is 13.2 Å². The zero-order valence-electron chi connectivity index (χ0n) is 21.7. The summed E-state index contributed by atoms with van der Waals surface area (Å²) in [5.41, 5.74) is 0.565. The molecule has 1 N–H and O–H groups in total. The van der Waals surface area contributed by atoms with Gasteiger partial charge >= 0.3 is 12.7 Å². The molecule has 0 aliphatic heterocycles. The molecule has 1 amide bonds. The number of hydrogen-bond donors (Lipinski definition) is 1. The number of carbonyl (C=O) groups is 1. The Labute approximate surface area is 231 Å². The molecule has 0 radical (unpaired) electrons. The topological polar surface area (TPSA) is 93.1 Å². The number of benzene rings is 3. The van der Waals surface area contributed by atoms with Gasteiger partial charge in [-0.3, -0.25) is 0 Å². The van der Waals surface area contributed by atoms with E-state index in [2.05, 4.69) is 4.74 Å².